The molecule has 1 saturated heterocycles. The van der Waals surface area contributed by atoms with Crippen LogP contribution in [-0.2, 0) is 14.8 Å². The highest BCUT2D eigenvalue weighted by atomic mass is 35.5. The fourth-order valence-electron chi connectivity index (χ4n) is 2.83. The molecule has 9 heteroatoms. The van der Waals surface area contributed by atoms with Crippen molar-refractivity contribution in [3.8, 4) is 0 Å². The number of sulfonamides is 1. The van der Waals surface area contributed by atoms with Gasteiger partial charge in [0.2, 0.25) is 10.0 Å². The zero-order valence-electron chi connectivity index (χ0n) is 14.2. The highest BCUT2D eigenvalue weighted by Crippen LogP contribution is 2.27. The quantitative estimate of drug-likeness (QED) is 0.609. The van der Waals surface area contributed by atoms with Crippen LogP contribution in [-0.4, -0.2) is 37.4 Å². The van der Waals surface area contributed by atoms with Gasteiger partial charge in [-0.15, -0.1) is 0 Å². The maximum Gasteiger partial charge on any atom is 0.258 e. The number of nitrogens with zero attached hydrogens (tertiary/aromatic N) is 2. The van der Waals surface area contributed by atoms with Crippen molar-refractivity contribution in [2.24, 2.45) is 5.10 Å². The van der Waals surface area contributed by atoms with Crippen LogP contribution in [0.1, 0.15) is 18.4 Å². The van der Waals surface area contributed by atoms with Gasteiger partial charge < -0.3 is 0 Å². The van der Waals surface area contributed by atoms with Crippen LogP contribution < -0.4 is 5.43 Å². The smallest absolute Gasteiger partial charge is 0.258 e. The molecule has 6 nitrogen and oxygen atoms in total. The fraction of sp³-hybridized carbons (Fsp3) is 0.222. The zero-order chi connectivity index (χ0) is 19.4. The van der Waals surface area contributed by atoms with Gasteiger partial charge in [-0.05, 0) is 54.8 Å². The first kappa shape index (κ1) is 19.5. The van der Waals surface area contributed by atoms with E-state index in [9.17, 15) is 17.6 Å². The minimum Gasteiger partial charge on any atom is -0.271 e. The molecule has 2 aromatic rings. The monoisotopic (exact) mass is 409 g/mol. The Morgan fingerprint density at radius 1 is 1.19 bits per heavy atom. The molecular weight excluding hydrogens is 393 g/mol. The van der Waals surface area contributed by atoms with Gasteiger partial charge in [-0.2, -0.15) is 9.41 Å². The molecule has 0 spiro atoms. The van der Waals surface area contributed by atoms with Crippen molar-refractivity contribution in [3.05, 3.63) is 64.9 Å². The van der Waals surface area contributed by atoms with Gasteiger partial charge >= 0.3 is 0 Å². The van der Waals surface area contributed by atoms with Crippen LogP contribution in [0.3, 0.4) is 0 Å². The second kappa shape index (κ2) is 8.16. The lowest BCUT2D eigenvalue weighted by atomic mass is 10.2. The van der Waals surface area contributed by atoms with Crippen LogP contribution in [0.5, 0.6) is 0 Å². The number of hydrogen-bond donors (Lipinski definition) is 1. The Morgan fingerprint density at radius 2 is 1.85 bits per heavy atom. The number of benzene rings is 2. The molecule has 2 aromatic carbocycles. The van der Waals surface area contributed by atoms with Crippen molar-refractivity contribution in [1.29, 1.82) is 0 Å². The highest BCUT2D eigenvalue weighted by Gasteiger charge is 2.39. The lowest BCUT2D eigenvalue weighted by molar-refractivity contribution is -0.124. The van der Waals surface area contributed by atoms with Gasteiger partial charge in [0, 0.05) is 11.6 Å². The van der Waals surface area contributed by atoms with Gasteiger partial charge in [-0.3, -0.25) is 4.79 Å². The normalized spacial score (nSPS) is 18.1. The standard InChI is InChI=1S/C18H17ClFN3O3S/c19-14-5-9-16(10-6-14)27(25,26)23-11-1-2-17(23)18(24)22-21-12-13-3-7-15(20)8-4-13/h3-10,12,17H,1-2,11H2,(H,22,24)/b21-12-/t17-/m0/s1. The predicted molar refractivity (Wildman–Crippen MR) is 101 cm³/mol. The molecule has 0 aliphatic carbocycles. The molecule has 1 atom stereocenters. The molecule has 3 rings (SSSR count). The van der Waals surface area contributed by atoms with Crippen molar-refractivity contribution in [3.63, 3.8) is 0 Å². The summed E-state index contributed by atoms with van der Waals surface area (Å²) in [7, 11) is -3.81. The Morgan fingerprint density at radius 3 is 2.52 bits per heavy atom. The number of amides is 1. The Labute approximate surface area is 161 Å². The van der Waals surface area contributed by atoms with Crippen molar-refractivity contribution in [2.75, 3.05) is 6.54 Å². The minimum atomic E-state index is -3.81. The average molecular weight is 410 g/mol. The number of hydrogen-bond acceptors (Lipinski definition) is 4. The van der Waals surface area contributed by atoms with E-state index in [0.29, 0.717) is 23.4 Å². The number of rotatable bonds is 5. The number of hydrazone groups is 1. The molecule has 27 heavy (non-hydrogen) atoms. The number of halogens is 2. The zero-order valence-corrected chi connectivity index (χ0v) is 15.8. The van der Waals surface area contributed by atoms with E-state index in [1.807, 2.05) is 0 Å². The molecule has 1 heterocycles. The van der Waals surface area contributed by atoms with Crippen LogP contribution in [0.2, 0.25) is 5.02 Å². The summed E-state index contributed by atoms with van der Waals surface area (Å²) < 4.78 is 39.7. The number of carbonyl (C=O) groups excluding carboxylic acids is 1. The molecule has 0 saturated carbocycles. The Balaban J connectivity index is 1.70. The van der Waals surface area contributed by atoms with E-state index < -0.39 is 22.0 Å². The van der Waals surface area contributed by atoms with Crippen LogP contribution in [0.4, 0.5) is 4.39 Å². The van der Waals surface area contributed by atoms with Gasteiger partial charge in [0.1, 0.15) is 11.9 Å². The van der Waals surface area contributed by atoms with E-state index in [2.05, 4.69) is 10.5 Å². The lowest BCUT2D eigenvalue weighted by Gasteiger charge is -2.22. The maximum atomic E-state index is 12.9. The summed E-state index contributed by atoms with van der Waals surface area (Å²) in [5.74, 6) is -0.881. The van der Waals surface area contributed by atoms with Crippen molar-refractivity contribution in [2.45, 2.75) is 23.8 Å². The molecule has 0 aromatic heterocycles. The first-order chi connectivity index (χ1) is 12.9. The molecule has 0 bridgehead atoms. The molecule has 1 amide bonds. The average Bonchev–Trinajstić information content (AvgIpc) is 3.14. The van der Waals surface area contributed by atoms with Crippen molar-refractivity contribution < 1.29 is 17.6 Å². The minimum absolute atomic E-state index is 0.0846. The summed E-state index contributed by atoms with van der Waals surface area (Å²) in [6.07, 6.45) is 2.35. The third-order valence-corrected chi connectivity index (χ3v) is 6.36. The number of carbonyl (C=O) groups is 1. The highest BCUT2D eigenvalue weighted by molar-refractivity contribution is 7.89. The fourth-order valence-corrected chi connectivity index (χ4v) is 4.61. The molecule has 1 aliphatic rings. The maximum absolute atomic E-state index is 12.9. The summed E-state index contributed by atoms with van der Waals surface area (Å²) in [6, 6.07) is 10.6. The van der Waals surface area contributed by atoms with E-state index in [1.165, 1.54) is 59.1 Å². The lowest BCUT2D eigenvalue weighted by Crippen LogP contribution is -2.44. The van der Waals surface area contributed by atoms with Crippen LogP contribution in [0.25, 0.3) is 0 Å². The summed E-state index contributed by atoms with van der Waals surface area (Å²) in [5, 5.41) is 4.26. The van der Waals surface area contributed by atoms with Gasteiger partial charge in [0.15, 0.2) is 0 Å². The predicted octanol–water partition coefficient (Wildman–Crippen LogP) is 2.78. The molecule has 0 radical (unpaired) electrons. The van der Waals surface area contributed by atoms with Crippen LogP contribution in [0, 0.1) is 5.82 Å². The van der Waals surface area contributed by atoms with Gasteiger partial charge in [-0.25, -0.2) is 18.2 Å². The molecule has 1 fully saturated rings. The summed E-state index contributed by atoms with van der Waals surface area (Å²) in [6.45, 7) is 0.255. The SMILES string of the molecule is O=C(N/N=C\c1ccc(F)cc1)[C@@H]1CCCN1S(=O)(=O)c1ccc(Cl)cc1. The van der Waals surface area contributed by atoms with Crippen LogP contribution >= 0.6 is 11.6 Å². The molecule has 0 unspecified atom stereocenters. The summed E-state index contributed by atoms with van der Waals surface area (Å²) in [5.41, 5.74) is 2.97. The third kappa shape index (κ3) is 4.52. The second-order valence-corrected chi connectivity index (χ2v) is 8.34. The van der Waals surface area contributed by atoms with E-state index in [0.717, 1.165) is 0 Å². The van der Waals surface area contributed by atoms with Crippen molar-refractivity contribution >= 4 is 33.7 Å². The third-order valence-electron chi connectivity index (χ3n) is 4.18. The Hall–Kier alpha value is -2.29. The van der Waals surface area contributed by atoms with Crippen LogP contribution in [0.15, 0.2) is 58.5 Å². The molecular formula is C18H17ClFN3O3S. The summed E-state index contributed by atoms with van der Waals surface area (Å²) >= 11 is 5.81. The van der Waals surface area contributed by atoms with E-state index in [1.54, 1.807) is 0 Å². The Kier molecular flexibility index (Phi) is 5.88. The topological polar surface area (TPSA) is 78.8 Å². The summed E-state index contributed by atoms with van der Waals surface area (Å²) in [4.78, 5) is 12.5. The molecule has 1 aliphatic heterocycles. The molecule has 1 N–H and O–H groups in total. The van der Waals surface area contributed by atoms with Gasteiger partial charge in [-0.1, -0.05) is 23.7 Å². The van der Waals surface area contributed by atoms with Gasteiger partial charge in [0.05, 0.1) is 11.1 Å². The number of nitrogens with one attached hydrogen (secondary N) is 1. The molecule has 142 valence electrons. The first-order valence-corrected chi connectivity index (χ1v) is 10.1. The van der Waals surface area contributed by atoms with E-state index in [4.69, 9.17) is 11.6 Å². The Bertz CT molecular complexity index is 947. The van der Waals surface area contributed by atoms with E-state index in [-0.39, 0.29) is 17.3 Å². The van der Waals surface area contributed by atoms with Gasteiger partial charge in [0.25, 0.3) is 5.91 Å². The first-order valence-electron chi connectivity index (χ1n) is 8.24. The van der Waals surface area contributed by atoms with Crippen molar-refractivity contribution in [1.82, 2.24) is 9.73 Å². The van der Waals surface area contributed by atoms with E-state index >= 15 is 0 Å². The second-order valence-electron chi connectivity index (χ2n) is 6.01. The largest absolute Gasteiger partial charge is 0.271 e.